The van der Waals surface area contributed by atoms with Crippen LogP contribution in [-0.4, -0.2) is 22.1 Å². The van der Waals surface area contributed by atoms with Gasteiger partial charge in [-0.05, 0) is 0 Å². The fourth-order valence-corrected chi connectivity index (χ4v) is 0.829. The summed E-state index contributed by atoms with van der Waals surface area (Å²) in [6, 6.07) is 0. The van der Waals surface area contributed by atoms with Gasteiger partial charge in [0.1, 0.15) is 0 Å². The van der Waals surface area contributed by atoms with Crippen LogP contribution in [0.5, 0.6) is 0 Å². The summed E-state index contributed by atoms with van der Waals surface area (Å²) in [5.74, 6) is -1.26. The number of alkyl halides is 2. The highest BCUT2D eigenvalue weighted by atomic mass is 19.3. The topological polar surface area (TPSA) is 46.9 Å². The highest BCUT2D eigenvalue weighted by molar-refractivity contribution is 5.78. The molecule has 0 aliphatic heterocycles. The Morgan fingerprint density at radius 1 is 1.77 bits per heavy atom. The summed E-state index contributed by atoms with van der Waals surface area (Å²) >= 11 is 0. The van der Waals surface area contributed by atoms with Gasteiger partial charge in [0.2, 0.25) is 0 Å². The van der Waals surface area contributed by atoms with Crippen LogP contribution in [0.15, 0.2) is 12.4 Å². The van der Waals surface area contributed by atoms with Gasteiger partial charge in [-0.15, -0.1) is 0 Å². The zero-order valence-corrected chi connectivity index (χ0v) is 7.00. The van der Waals surface area contributed by atoms with Crippen molar-refractivity contribution in [2.45, 2.75) is 13.0 Å². The average Bonchev–Trinajstić information content (AvgIpc) is 2.47. The number of amides is 1. The van der Waals surface area contributed by atoms with E-state index in [1.807, 2.05) is 0 Å². The third-order valence-corrected chi connectivity index (χ3v) is 1.42. The van der Waals surface area contributed by atoms with Gasteiger partial charge in [-0.2, -0.15) is 13.9 Å². The van der Waals surface area contributed by atoms with Gasteiger partial charge in [0, 0.05) is 25.4 Å². The molecule has 1 aromatic rings. The number of halogens is 2. The Balaban J connectivity index is 2.39. The zero-order chi connectivity index (χ0) is 9.84. The van der Waals surface area contributed by atoms with E-state index in [9.17, 15) is 13.6 Å². The van der Waals surface area contributed by atoms with Crippen LogP contribution in [0.4, 0.5) is 8.78 Å². The maximum atomic E-state index is 11.7. The zero-order valence-electron chi connectivity index (χ0n) is 7.00. The number of nitrogens with one attached hydrogen (secondary N) is 1. The van der Waals surface area contributed by atoms with Crippen molar-refractivity contribution < 1.29 is 13.6 Å². The van der Waals surface area contributed by atoms with Gasteiger partial charge in [-0.25, -0.2) is 0 Å². The first-order chi connectivity index (χ1) is 6.09. The molecule has 1 aromatic heterocycles. The summed E-state index contributed by atoms with van der Waals surface area (Å²) in [6.07, 6.45) is 0.189. The van der Waals surface area contributed by atoms with Crippen LogP contribution >= 0.6 is 0 Å². The molecule has 0 unspecified atom stereocenters. The molecule has 0 saturated heterocycles. The second kappa shape index (κ2) is 3.97. The molecule has 6 heteroatoms. The van der Waals surface area contributed by atoms with E-state index < -0.39 is 12.3 Å². The first kappa shape index (κ1) is 9.63. The minimum atomic E-state index is -2.96. The molecule has 4 nitrogen and oxygen atoms in total. The lowest BCUT2D eigenvalue weighted by Gasteiger charge is -2.00. The van der Waals surface area contributed by atoms with E-state index >= 15 is 0 Å². The Hall–Kier alpha value is -1.46. The Morgan fingerprint density at radius 3 is 2.92 bits per heavy atom. The fraction of sp³-hybridized carbons (Fsp3) is 0.429. The molecule has 0 aromatic carbocycles. The Labute approximate surface area is 73.5 Å². The van der Waals surface area contributed by atoms with Crippen molar-refractivity contribution in [2.24, 2.45) is 7.05 Å². The lowest BCUT2D eigenvalue weighted by molar-refractivity contribution is -0.131. The number of aromatic nitrogens is 2. The minimum absolute atomic E-state index is 0.0804. The quantitative estimate of drug-likeness (QED) is 0.743. The van der Waals surface area contributed by atoms with Gasteiger partial charge in [0.25, 0.3) is 5.91 Å². The summed E-state index contributed by atoms with van der Waals surface area (Å²) in [4.78, 5) is 10.4. The summed E-state index contributed by atoms with van der Waals surface area (Å²) < 4.78 is 24.9. The molecule has 1 amide bonds. The van der Waals surface area contributed by atoms with Crippen LogP contribution in [0.2, 0.25) is 0 Å². The monoisotopic (exact) mass is 189 g/mol. The van der Waals surface area contributed by atoms with Crippen LogP contribution in [0.1, 0.15) is 5.56 Å². The molecule has 72 valence electrons. The molecule has 0 aliphatic rings. The van der Waals surface area contributed by atoms with Gasteiger partial charge in [0.05, 0.1) is 6.20 Å². The van der Waals surface area contributed by atoms with E-state index in [0.29, 0.717) is 5.56 Å². The first-order valence-electron chi connectivity index (χ1n) is 3.63. The molecule has 0 radical (unpaired) electrons. The van der Waals surface area contributed by atoms with Crippen LogP contribution < -0.4 is 5.32 Å². The molecule has 1 heterocycles. The van der Waals surface area contributed by atoms with E-state index in [-0.39, 0.29) is 6.54 Å². The number of nitrogens with zero attached hydrogens (tertiary/aromatic N) is 2. The van der Waals surface area contributed by atoms with Crippen molar-refractivity contribution in [3.63, 3.8) is 0 Å². The van der Waals surface area contributed by atoms with E-state index in [1.165, 1.54) is 10.9 Å². The molecular weight excluding hydrogens is 180 g/mol. The van der Waals surface area contributed by atoms with Crippen LogP contribution in [0, 0.1) is 0 Å². The molecule has 0 bridgehead atoms. The highest BCUT2D eigenvalue weighted by Crippen LogP contribution is 1.97. The molecular formula is C7H9F2N3O. The van der Waals surface area contributed by atoms with E-state index in [0.717, 1.165) is 0 Å². The van der Waals surface area contributed by atoms with Crippen molar-refractivity contribution in [1.29, 1.82) is 0 Å². The van der Waals surface area contributed by atoms with Crippen LogP contribution in [0.3, 0.4) is 0 Å². The number of rotatable bonds is 3. The number of hydrogen-bond acceptors (Lipinski definition) is 2. The van der Waals surface area contributed by atoms with Gasteiger partial charge in [-0.3, -0.25) is 9.48 Å². The third-order valence-electron chi connectivity index (χ3n) is 1.42. The van der Waals surface area contributed by atoms with Crippen molar-refractivity contribution in [3.8, 4) is 0 Å². The van der Waals surface area contributed by atoms with Gasteiger partial charge in [-0.1, -0.05) is 0 Å². The van der Waals surface area contributed by atoms with Gasteiger partial charge < -0.3 is 5.32 Å². The standard InChI is InChI=1S/C7H9F2N3O/c1-12-4-5(3-11-12)2-10-7(13)6(8)9/h3-4,6H,2H2,1H3,(H,10,13). The van der Waals surface area contributed by atoms with Crippen molar-refractivity contribution in [3.05, 3.63) is 18.0 Å². The fourth-order valence-electron chi connectivity index (χ4n) is 0.829. The largest absolute Gasteiger partial charge is 0.347 e. The SMILES string of the molecule is Cn1cc(CNC(=O)C(F)F)cn1. The second-order valence-corrected chi connectivity index (χ2v) is 2.54. The summed E-state index contributed by atoms with van der Waals surface area (Å²) in [5, 5.41) is 5.89. The second-order valence-electron chi connectivity index (χ2n) is 2.54. The summed E-state index contributed by atoms with van der Waals surface area (Å²) in [5.41, 5.74) is 0.691. The molecule has 0 spiro atoms. The first-order valence-corrected chi connectivity index (χ1v) is 3.63. The van der Waals surface area contributed by atoms with Gasteiger partial charge in [0.15, 0.2) is 0 Å². The lowest BCUT2D eigenvalue weighted by Crippen LogP contribution is -2.28. The predicted octanol–water partition coefficient (Wildman–Crippen LogP) is 0.301. The van der Waals surface area contributed by atoms with Crippen molar-refractivity contribution >= 4 is 5.91 Å². The Bertz CT molecular complexity index is 298. The molecule has 1 rings (SSSR count). The van der Waals surface area contributed by atoms with Crippen LogP contribution in [-0.2, 0) is 18.4 Å². The van der Waals surface area contributed by atoms with Crippen molar-refractivity contribution in [2.75, 3.05) is 0 Å². The third kappa shape index (κ3) is 2.81. The van der Waals surface area contributed by atoms with E-state index in [4.69, 9.17) is 0 Å². The molecule has 1 N–H and O–H groups in total. The van der Waals surface area contributed by atoms with E-state index in [1.54, 1.807) is 13.2 Å². The molecule has 13 heavy (non-hydrogen) atoms. The Kier molecular flexibility index (Phi) is 2.94. The number of carbonyl (C=O) groups excluding carboxylic acids is 1. The van der Waals surface area contributed by atoms with Gasteiger partial charge >= 0.3 is 6.43 Å². The maximum Gasteiger partial charge on any atom is 0.315 e. The van der Waals surface area contributed by atoms with Crippen LogP contribution in [0.25, 0.3) is 0 Å². The van der Waals surface area contributed by atoms with Crippen molar-refractivity contribution in [1.82, 2.24) is 15.1 Å². The molecule has 0 fully saturated rings. The molecule has 0 aliphatic carbocycles. The lowest BCUT2D eigenvalue weighted by atomic mass is 10.3. The highest BCUT2D eigenvalue weighted by Gasteiger charge is 2.13. The Morgan fingerprint density at radius 2 is 2.46 bits per heavy atom. The maximum absolute atomic E-state index is 11.7. The minimum Gasteiger partial charge on any atom is -0.347 e. The predicted molar refractivity (Wildman–Crippen MR) is 41.1 cm³/mol. The summed E-state index contributed by atoms with van der Waals surface area (Å²) in [6.45, 7) is 0.0804. The van der Waals surface area contributed by atoms with E-state index in [2.05, 4.69) is 10.4 Å². The number of aryl methyl sites for hydroxylation is 1. The molecule has 0 atom stereocenters. The molecule has 0 saturated carbocycles. The normalized spacial score (nSPS) is 10.5. The smallest absolute Gasteiger partial charge is 0.315 e. The number of hydrogen-bond donors (Lipinski definition) is 1. The average molecular weight is 189 g/mol. The summed E-state index contributed by atoms with van der Waals surface area (Å²) in [7, 11) is 1.71. The number of carbonyl (C=O) groups is 1.